The predicted molar refractivity (Wildman–Crippen MR) is 60.9 cm³/mol. The molecule has 0 spiro atoms. The largest absolute Gasteiger partial charge is 0.462 e. The van der Waals surface area contributed by atoms with Gasteiger partial charge in [-0.2, -0.15) is 0 Å². The molecule has 4 heteroatoms. The van der Waals surface area contributed by atoms with Crippen molar-refractivity contribution < 1.29 is 19.1 Å². The van der Waals surface area contributed by atoms with Crippen LogP contribution in [0.15, 0.2) is 0 Å². The second-order valence-corrected chi connectivity index (χ2v) is 3.91. The Morgan fingerprint density at radius 2 is 1.62 bits per heavy atom. The molecule has 0 amide bonds. The van der Waals surface area contributed by atoms with Crippen LogP contribution in [0.4, 0.5) is 0 Å². The third-order valence-corrected chi connectivity index (χ3v) is 2.28. The van der Waals surface area contributed by atoms with Crippen LogP contribution in [0, 0.1) is 5.92 Å². The molecule has 1 unspecified atom stereocenters. The Morgan fingerprint density at radius 3 is 2.12 bits per heavy atom. The molecule has 0 rings (SSSR count). The fourth-order valence-corrected chi connectivity index (χ4v) is 1.08. The zero-order valence-electron chi connectivity index (χ0n) is 10.5. The summed E-state index contributed by atoms with van der Waals surface area (Å²) in [6, 6.07) is 0. The average molecular weight is 230 g/mol. The van der Waals surface area contributed by atoms with Gasteiger partial charge in [-0.3, -0.25) is 9.59 Å². The highest BCUT2D eigenvalue weighted by molar-refractivity contribution is 5.70. The number of carbonyl (C=O) groups is 2. The fourth-order valence-electron chi connectivity index (χ4n) is 1.08. The van der Waals surface area contributed by atoms with Gasteiger partial charge in [-0.15, -0.1) is 0 Å². The molecule has 0 heterocycles. The van der Waals surface area contributed by atoms with Gasteiger partial charge in [0.25, 0.3) is 0 Å². The van der Waals surface area contributed by atoms with Crippen molar-refractivity contribution in [2.24, 2.45) is 5.92 Å². The zero-order valence-corrected chi connectivity index (χ0v) is 10.5. The molecule has 0 aliphatic rings. The second-order valence-electron chi connectivity index (χ2n) is 3.91. The average Bonchev–Trinajstić information content (AvgIpc) is 2.24. The SMILES string of the molecule is CCCC(=O)OCCOC(=O)CC(C)CC. The van der Waals surface area contributed by atoms with Crippen LogP contribution >= 0.6 is 0 Å². The van der Waals surface area contributed by atoms with E-state index in [-0.39, 0.29) is 25.2 Å². The monoisotopic (exact) mass is 230 g/mol. The van der Waals surface area contributed by atoms with E-state index in [4.69, 9.17) is 9.47 Å². The van der Waals surface area contributed by atoms with Crippen LogP contribution in [0.5, 0.6) is 0 Å². The quantitative estimate of drug-likeness (QED) is 0.474. The van der Waals surface area contributed by atoms with E-state index in [1.165, 1.54) is 0 Å². The minimum Gasteiger partial charge on any atom is -0.462 e. The molecular weight excluding hydrogens is 208 g/mol. The molecule has 94 valence electrons. The van der Waals surface area contributed by atoms with Crippen LogP contribution in [0.1, 0.15) is 46.5 Å². The number of ether oxygens (including phenoxy) is 2. The van der Waals surface area contributed by atoms with Crippen LogP contribution in [0.2, 0.25) is 0 Å². The molecule has 0 saturated carbocycles. The van der Waals surface area contributed by atoms with Crippen molar-refractivity contribution in [1.82, 2.24) is 0 Å². The van der Waals surface area contributed by atoms with Gasteiger partial charge in [0.1, 0.15) is 13.2 Å². The van der Waals surface area contributed by atoms with E-state index in [0.717, 1.165) is 12.8 Å². The topological polar surface area (TPSA) is 52.6 Å². The second kappa shape index (κ2) is 9.19. The van der Waals surface area contributed by atoms with Crippen molar-refractivity contribution in [2.45, 2.75) is 46.5 Å². The molecule has 0 aliphatic carbocycles. The highest BCUT2D eigenvalue weighted by atomic mass is 16.6. The fraction of sp³-hybridized carbons (Fsp3) is 0.833. The number of carbonyl (C=O) groups excluding carboxylic acids is 2. The third-order valence-electron chi connectivity index (χ3n) is 2.28. The van der Waals surface area contributed by atoms with Crippen molar-refractivity contribution >= 4 is 11.9 Å². The summed E-state index contributed by atoms with van der Waals surface area (Å²) in [7, 11) is 0. The van der Waals surface area contributed by atoms with Gasteiger partial charge in [0, 0.05) is 12.8 Å². The van der Waals surface area contributed by atoms with E-state index in [9.17, 15) is 9.59 Å². The lowest BCUT2D eigenvalue weighted by molar-refractivity contribution is -0.152. The van der Waals surface area contributed by atoms with Crippen molar-refractivity contribution in [3.05, 3.63) is 0 Å². The standard InChI is InChI=1S/C12H22O4/c1-4-6-11(13)15-7-8-16-12(14)9-10(3)5-2/h10H,4-9H2,1-3H3. The number of rotatable bonds is 8. The lowest BCUT2D eigenvalue weighted by Gasteiger charge is -2.08. The van der Waals surface area contributed by atoms with Gasteiger partial charge in [0.2, 0.25) is 0 Å². The van der Waals surface area contributed by atoms with E-state index in [1.807, 2.05) is 20.8 Å². The summed E-state index contributed by atoms with van der Waals surface area (Å²) in [5.41, 5.74) is 0. The highest BCUT2D eigenvalue weighted by Crippen LogP contribution is 2.06. The van der Waals surface area contributed by atoms with Gasteiger partial charge in [0.15, 0.2) is 0 Å². The molecule has 0 aromatic heterocycles. The Bertz CT molecular complexity index is 213. The normalized spacial score (nSPS) is 11.9. The zero-order chi connectivity index (χ0) is 12.4. The molecule has 0 aliphatic heterocycles. The van der Waals surface area contributed by atoms with Gasteiger partial charge in [-0.1, -0.05) is 27.2 Å². The van der Waals surface area contributed by atoms with Gasteiger partial charge in [-0.25, -0.2) is 0 Å². The first-order valence-corrected chi connectivity index (χ1v) is 5.91. The molecule has 0 radical (unpaired) electrons. The number of esters is 2. The maximum Gasteiger partial charge on any atom is 0.306 e. The van der Waals surface area contributed by atoms with Crippen molar-refractivity contribution in [2.75, 3.05) is 13.2 Å². The minimum absolute atomic E-state index is 0.157. The van der Waals surface area contributed by atoms with Crippen molar-refractivity contribution in [3.8, 4) is 0 Å². The molecule has 1 atom stereocenters. The van der Waals surface area contributed by atoms with E-state index in [0.29, 0.717) is 18.8 Å². The summed E-state index contributed by atoms with van der Waals surface area (Å²) in [6.45, 7) is 6.26. The number of hydrogen-bond donors (Lipinski definition) is 0. The van der Waals surface area contributed by atoms with Crippen molar-refractivity contribution in [3.63, 3.8) is 0 Å². The Kier molecular flexibility index (Phi) is 8.58. The lowest BCUT2D eigenvalue weighted by Crippen LogP contribution is -2.15. The first-order valence-electron chi connectivity index (χ1n) is 5.91. The first-order chi connectivity index (χ1) is 7.60. The minimum atomic E-state index is -0.236. The summed E-state index contributed by atoms with van der Waals surface area (Å²) in [5, 5.41) is 0. The summed E-state index contributed by atoms with van der Waals surface area (Å²) in [4.78, 5) is 22.2. The van der Waals surface area contributed by atoms with Gasteiger partial charge < -0.3 is 9.47 Å². The first kappa shape index (κ1) is 14.9. The Hall–Kier alpha value is -1.06. The molecule has 4 nitrogen and oxygen atoms in total. The summed E-state index contributed by atoms with van der Waals surface area (Å²) in [6.07, 6.45) is 2.58. The maximum atomic E-state index is 11.2. The van der Waals surface area contributed by atoms with Gasteiger partial charge in [0.05, 0.1) is 0 Å². The molecular formula is C12H22O4. The predicted octanol–water partition coefficient (Wildman–Crippen LogP) is 2.31. The van der Waals surface area contributed by atoms with Crippen LogP contribution in [0.25, 0.3) is 0 Å². The van der Waals surface area contributed by atoms with Gasteiger partial charge in [-0.05, 0) is 12.3 Å². The Labute approximate surface area is 97.3 Å². The third kappa shape index (κ3) is 8.26. The lowest BCUT2D eigenvalue weighted by atomic mass is 10.1. The van der Waals surface area contributed by atoms with Crippen LogP contribution in [0.3, 0.4) is 0 Å². The van der Waals surface area contributed by atoms with E-state index in [1.54, 1.807) is 0 Å². The smallest absolute Gasteiger partial charge is 0.306 e. The number of hydrogen-bond acceptors (Lipinski definition) is 4. The molecule has 0 saturated heterocycles. The Balaban J connectivity index is 3.44. The van der Waals surface area contributed by atoms with E-state index in [2.05, 4.69) is 0 Å². The van der Waals surface area contributed by atoms with Crippen LogP contribution < -0.4 is 0 Å². The van der Waals surface area contributed by atoms with Gasteiger partial charge >= 0.3 is 11.9 Å². The van der Waals surface area contributed by atoms with Crippen molar-refractivity contribution in [1.29, 1.82) is 0 Å². The molecule has 0 aromatic carbocycles. The molecule has 16 heavy (non-hydrogen) atoms. The maximum absolute atomic E-state index is 11.2. The molecule has 0 aromatic rings. The molecule has 0 fully saturated rings. The Morgan fingerprint density at radius 1 is 1.06 bits per heavy atom. The molecule has 0 bridgehead atoms. The molecule has 0 N–H and O–H groups in total. The van der Waals surface area contributed by atoms with Crippen LogP contribution in [-0.4, -0.2) is 25.2 Å². The van der Waals surface area contributed by atoms with E-state index >= 15 is 0 Å². The van der Waals surface area contributed by atoms with E-state index < -0.39 is 0 Å². The highest BCUT2D eigenvalue weighted by Gasteiger charge is 2.08. The summed E-state index contributed by atoms with van der Waals surface area (Å²) in [5.74, 6) is -0.114. The summed E-state index contributed by atoms with van der Waals surface area (Å²) >= 11 is 0. The van der Waals surface area contributed by atoms with Crippen LogP contribution in [-0.2, 0) is 19.1 Å². The summed E-state index contributed by atoms with van der Waals surface area (Å²) < 4.78 is 9.77.